The second-order valence-electron chi connectivity index (χ2n) is 6.06. The van der Waals surface area contributed by atoms with Crippen molar-refractivity contribution in [1.29, 1.82) is 0 Å². The van der Waals surface area contributed by atoms with E-state index in [1.54, 1.807) is 42.5 Å². The van der Waals surface area contributed by atoms with Crippen molar-refractivity contribution in [2.45, 2.75) is 26.2 Å². The molecule has 0 radical (unpaired) electrons. The molecule has 7 heteroatoms. The van der Waals surface area contributed by atoms with Crippen molar-refractivity contribution in [2.24, 2.45) is 0 Å². The molecule has 0 unspecified atom stereocenters. The zero-order valence-electron chi connectivity index (χ0n) is 14.8. The van der Waals surface area contributed by atoms with Crippen molar-refractivity contribution in [1.82, 2.24) is 9.97 Å². The first kappa shape index (κ1) is 18.3. The molecule has 2 N–H and O–H groups in total. The van der Waals surface area contributed by atoms with Crippen molar-refractivity contribution in [2.75, 3.05) is 5.32 Å². The molecule has 0 bridgehead atoms. The zero-order chi connectivity index (χ0) is 19.2. The number of carbonyl (C=O) groups is 2. The number of aromatic nitrogens is 2. The van der Waals surface area contributed by atoms with E-state index in [2.05, 4.69) is 15.3 Å². The van der Waals surface area contributed by atoms with E-state index in [0.29, 0.717) is 41.0 Å². The van der Waals surface area contributed by atoms with Gasteiger partial charge in [0.05, 0.1) is 10.9 Å². The lowest BCUT2D eigenvalue weighted by Crippen LogP contribution is -2.13. The average Bonchev–Trinajstić information content (AvgIpc) is 2.63. The van der Waals surface area contributed by atoms with Gasteiger partial charge in [-0.3, -0.25) is 14.4 Å². The maximum absolute atomic E-state index is 12.0. The first-order chi connectivity index (χ1) is 13.0. The van der Waals surface area contributed by atoms with Crippen LogP contribution in [0.2, 0.25) is 0 Å². The van der Waals surface area contributed by atoms with Gasteiger partial charge < -0.3 is 15.0 Å². The molecule has 0 atom stereocenters. The molecule has 0 spiro atoms. The first-order valence-corrected chi connectivity index (χ1v) is 8.57. The summed E-state index contributed by atoms with van der Waals surface area (Å²) in [4.78, 5) is 42.1. The molecule has 0 aliphatic rings. The van der Waals surface area contributed by atoms with Crippen LogP contribution < -0.4 is 15.6 Å². The highest BCUT2D eigenvalue weighted by Crippen LogP contribution is 2.16. The van der Waals surface area contributed by atoms with Crippen LogP contribution in [0, 0.1) is 0 Å². The summed E-state index contributed by atoms with van der Waals surface area (Å²) >= 11 is 0. The van der Waals surface area contributed by atoms with Crippen molar-refractivity contribution in [3.8, 4) is 5.75 Å². The molecule has 7 nitrogen and oxygen atoms in total. The lowest BCUT2D eigenvalue weighted by molar-refractivity contribution is -0.134. The summed E-state index contributed by atoms with van der Waals surface area (Å²) in [7, 11) is 0. The Morgan fingerprint density at radius 3 is 2.59 bits per heavy atom. The van der Waals surface area contributed by atoms with Crippen LogP contribution >= 0.6 is 0 Å². The fourth-order valence-corrected chi connectivity index (χ4v) is 2.65. The van der Waals surface area contributed by atoms with E-state index < -0.39 is 0 Å². The minimum absolute atomic E-state index is 0.167. The van der Waals surface area contributed by atoms with Crippen LogP contribution in [0.5, 0.6) is 5.75 Å². The number of aryl methyl sites for hydroxylation is 1. The molecule has 1 heterocycles. The maximum atomic E-state index is 12.0. The lowest BCUT2D eigenvalue weighted by atomic mass is 10.2. The van der Waals surface area contributed by atoms with Crippen molar-refractivity contribution < 1.29 is 14.3 Å². The Kier molecular flexibility index (Phi) is 5.61. The molecule has 3 aromatic rings. The standard InChI is InChI=1S/C20H19N3O4/c1-13(24)21-14-9-11-15(12-10-14)27-19(25)8-4-7-18-22-17-6-3-2-5-16(17)20(26)23-18/h2-3,5-6,9-12H,4,7-8H2,1H3,(H,21,24)(H,22,23,26). The second-order valence-corrected chi connectivity index (χ2v) is 6.06. The van der Waals surface area contributed by atoms with Crippen LogP contribution in [0.4, 0.5) is 5.69 Å². The zero-order valence-corrected chi connectivity index (χ0v) is 14.8. The van der Waals surface area contributed by atoms with E-state index in [0.717, 1.165) is 0 Å². The fourth-order valence-electron chi connectivity index (χ4n) is 2.65. The number of nitrogens with zero attached hydrogens (tertiary/aromatic N) is 1. The van der Waals surface area contributed by atoms with Gasteiger partial charge in [-0.05, 0) is 42.8 Å². The van der Waals surface area contributed by atoms with Gasteiger partial charge in [-0.1, -0.05) is 12.1 Å². The Morgan fingerprint density at radius 1 is 1.11 bits per heavy atom. The molecule has 0 aliphatic carbocycles. The number of H-pyrrole nitrogens is 1. The third-order valence-corrected chi connectivity index (χ3v) is 3.86. The number of amides is 1. The fraction of sp³-hybridized carbons (Fsp3) is 0.200. The Balaban J connectivity index is 1.52. The number of carbonyl (C=O) groups excluding carboxylic acids is 2. The number of ether oxygens (including phenoxy) is 1. The SMILES string of the molecule is CC(=O)Nc1ccc(OC(=O)CCCc2nc3ccccc3c(=O)[nH]2)cc1. The summed E-state index contributed by atoms with van der Waals surface area (Å²) in [6, 6.07) is 13.7. The Labute approximate surface area is 155 Å². The van der Waals surface area contributed by atoms with Gasteiger partial charge in [-0.2, -0.15) is 0 Å². The summed E-state index contributed by atoms with van der Waals surface area (Å²) in [5.74, 6) is 0.419. The highest BCUT2D eigenvalue weighted by molar-refractivity contribution is 5.88. The van der Waals surface area contributed by atoms with Gasteiger partial charge in [0.25, 0.3) is 5.56 Å². The summed E-state index contributed by atoms with van der Waals surface area (Å²) in [6.07, 6.45) is 1.17. The van der Waals surface area contributed by atoms with E-state index in [4.69, 9.17) is 4.74 Å². The van der Waals surface area contributed by atoms with Crippen LogP contribution in [0.1, 0.15) is 25.6 Å². The number of rotatable bonds is 6. The van der Waals surface area contributed by atoms with E-state index in [-0.39, 0.29) is 23.9 Å². The molecule has 0 saturated carbocycles. The van der Waals surface area contributed by atoms with Crippen molar-refractivity contribution >= 4 is 28.5 Å². The largest absolute Gasteiger partial charge is 0.427 e. The molecule has 0 aliphatic heterocycles. The Hall–Kier alpha value is -3.48. The number of nitrogens with one attached hydrogen (secondary N) is 2. The number of aromatic amines is 1. The number of hydrogen-bond acceptors (Lipinski definition) is 5. The molecular weight excluding hydrogens is 346 g/mol. The molecule has 27 heavy (non-hydrogen) atoms. The molecule has 0 saturated heterocycles. The van der Waals surface area contributed by atoms with Gasteiger partial charge in [0.1, 0.15) is 11.6 Å². The van der Waals surface area contributed by atoms with Crippen LogP contribution in [-0.2, 0) is 16.0 Å². The maximum Gasteiger partial charge on any atom is 0.311 e. The Bertz CT molecular complexity index is 1030. The minimum Gasteiger partial charge on any atom is -0.427 e. The highest BCUT2D eigenvalue weighted by atomic mass is 16.5. The summed E-state index contributed by atoms with van der Waals surface area (Å²) in [5.41, 5.74) is 1.09. The second kappa shape index (κ2) is 8.27. The van der Waals surface area contributed by atoms with E-state index in [1.165, 1.54) is 6.92 Å². The number of fused-ring (bicyclic) bond motifs is 1. The number of anilines is 1. The van der Waals surface area contributed by atoms with Gasteiger partial charge in [0, 0.05) is 25.5 Å². The van der Waals surface area contributed by atoms with Gasteiger partial charge in [-0.25, -0.2) is 4.98 Å². The molecule has 2 aromatic carbocycles. The van der Waals surface area contributed by atoms with Gasteiger partial charge in [0.15, 0.2) is 0 Å². The summed E-state index contributed by atoms with van der Waals surface area (Å²) in [6.45, 7) is 1.42. The van der Waals surface area contributed by atoms with E-state index in [9.17, 15) is 14.4 Å². The number of esters is 1. The third-order valence-electron chi connectivity index (χ3n) is 3.86. The predicted octanol–water partition coefficient (Wildman–Crippen LogP) is 2.81. The molecular formula is C20H19N3O4. The Morgan fingerprint density at radius 2 is 1.85 bits per heavy atom. The van der Waals surface area contributed by atoms with E-state index in [1.807, 2.05) is 6.07 Å². The third kappa shape index (κ3) is 5.01. The molecule has 138 valence electrons. The first-order valence-electron chi connectivity index (χ1n) is 8.57. The van der Waals surface area contributed by atoms with Crippen molar-refractivity contribution in [3.63, 3.8) is 0 Å². The van der Waals surface area contributed by atoms with Gasteiger partial charge in [-0.15, -0.1) is 0 Å². The molecule has 1 amide bonds. The number of hydrogen-bond donors (Lipinski definition) is 2. The molecule has 0 fully saturated rings. The van der Waals surface area contributed by atoms with Crippen LogP contribution in [0.15, 0.2) is 53.3 Å². The number of para-hydroxylation sites is 1. The van der Waals surface area contributed by atoms with Crippen LogP contribution in [-0.4, -0.2) is 21.8 Å². The quantitative estimate of drug-likeness (QED) is 0.517. The summed E-state index contributed by atoms with van der Waals surface area (Å²) in [5, 5.41) is 3.18. The highest BCUT2D eigenvalue weighted by Gasteiger charge is 2.08. The minimum atomic E-state index is -0.370. The predicted molar refractivity (Wildman–Crippen MR) is 102 cm³/mol. The van der Waals surface area contributed by atoms with Crippen molar-refractivity contribution in [3.05, 3.63) is 64.7 Å². The van der Waals surface area contributed by atoms with Crippen LogP contribution in [0.3, 0.4) is 0 Å². The monoisotopic (exact) mass is 365 g/mol. The lowest BCUT2D eigenvalue weighted by Gasteiger charge is -2.06. The van der Waals surface area contributed by atoms with Crippen LogP contribution in [0.25, 0.3) is 10.9 Å². The smallest absolute Gasteiger partial charge is 0.311 e. The molecule has 3 rings (SSSR count). The topological polar surface area (TPSA) is 101 Å². The number of benzene rings is 2. The van der Waals surface area contributed by atoms with Gasteiger partial charge in [0.2, 0.25) is 5.91 Å². The van der Waals surface area contributed by atoms with Gasteiger partial charge >= 0.3 is 5.97 Å². The molecule has 1 aromatic heterocycles. The normalized spacial score (nSPS) is 10.6. The average molecular weight is 365 g/mol. The van der Waals surface area contributed by atoms with E-state index >= 15 is 0 Å². The summed E-state index contributed by atoms with van der Waals surface area (Å²) < 4.78 is 5.26.